The number of hydrogen-bond donors (Lipinski definition) is 1. The summed E-state index contributed by atoms with van der Waals surface area (Å²) in [5.41, 5.74) is 1.67. The van der Waals surface area contributed by atoms with Crippen LogP contribution >= 0.6 is 0 Å². The summed E-state index contributed by atoms with van der Waals surface area (Å²) in [6.45, 7) is 2.02. The van der Waals surface area contributed by atoms with Gasteiger partial charge >= 0.3 is 5.97 Å². The number of hydrogen-bond acceptors (Lipinski definition) is 5. The van der Waals surface area contributed by atoms with Crippen LogP contribution in [-0.4, -0.2) is 26.8 Å². The Kier molecular flexibility index (Phi) is 5.57. The number of carboxylic acid groups (broad SMARTS) is 1. The van der Waals surface area contributed by atoms with Gasteiger partial charge in [-0.3, -0.25) is 4.84 Å². The van der Waals surface area contributed by atoms with Crippen molar-refractivity contribution in [3.05, 3.63) is 71.9 Å². The molecule has 1 saturated heterocycles. The number of carbonyl (C=O) groups is 1. The third-order valence-electron chi connectivity index (χ3n) is 6.67. The van der Waals surface area contributed by atoms with E-state index in [0.717, 1.165) is 40.8 Å². The zero-order chi connectivity index (χ0) is 22.1. The standard InChI is InChI=1S/C26H28N2O4/c1-26(25(29)30)28(32-26)24(19-8-3-2-4-9-19)20-12-15-22(16-13-20)31-17-21-14-11-18-7-5-6-10-23(18)27-21/h5-7,10-16,19,24H,2-4,8-9,17H2,1H3,(H,29,30). The van der Waals surface area contributed by atoms with Crippen molar-refractivity contribution in [1.82, 2.24) is 10.0 Å². The SMILES string of the molecule is CC1(C(=O)O)ON1C(c1ccc(OCc2ccc3ccccc3n2)cc1)C1CCCCC1. The van der Waals surface area contributed by atoms with Gasteiger partial charge in [0.1, 0.15) is 12.4 Å². The minimum absolute atomic E-state index is 0.0624. The molecule has 1 aliphatic carbocycles. The Morgan fingerprint density at radius 3 is 2.59 bits per heavy atom. The van der Waals surface area contributed by atoms with Crippen molar-refractivity contribution < 1.29 is 19.5 Å². The molecule has 6 nitrogen and oxygen atoms in total. The van der Waals surface area contributed by atoms with E-state index in [1.165, 1.54) is 19.3 Å². The fourth-order valence-electron chi connectivity index (χ4n) is 4.78. The third-order valence-corrected chi connectivity index (χ3v) is 6.67. The van der Waals surface area contributed by atoms with Crippen LogP contribution in [0.15, 0.2) is 60.7 Å². The Morgan fingerprint density at radius 1 is 1.12 bits per heavy atom. The summed E-state index contributed by atoms with van der Waals surface area (Å²) >= 11 is 0. The molecule has 6 heteroatoms. The summed E-state index contributed by atoms with van der Waals surface area (Å²) in [7, 11) is 0. The molecule has 1 N–H and O–H groups in total. The first-order valence-electron chi connectivity index (χ1n) is 11.3. The van der Waals surface area contributed by atoms with Gasteiger partial charge in [-0.1, -0.05) is 55.7 Å². The number of nitrogens with zero attached hydrogens (tertiary/aromatic N) is 2. The lowest BCUT2D eigenvalue weighted by Crippen LogP contribution is -2.31. The van der Waals surface area contributed by atoms with Crippen LogP contribution in [0.25, 0.3) is 10.9 Å². The summed E-state index contributed by atoms with van der Waals surface area (Å²) in [5.74, 6) is 0.207. The number of ether oxygens (including phenoxy) is 1. The first-order chi connectivity index (χ1) is 15.5. The summed E-state index contributed by atoms with van der Waals surface area (Å²) < 4.78 is 5.97. The molecule has 0 amide bonds. The van der Waals surface area contributed by atoms with Gasteiger partial charge in [-0.25, -0.2) is 9.78 Å². The fourth-order valence-corrected chi connectivity index (χ4v) is 4.78. The average Bonchev–Trinajstić information content (AvgIpc) is 3.51. The Morgan fingerprint density at radius 2 is 1.88 bits per heavy atom. The highest BCUT2D eigenvalue weighted by molar-refractivity contribution is 5.78. The van der Waals surface area contributed by atoms with E-state index in [-0.39, 0.29) is 6.04 Å². The molecule has 3 aromatic rings. The van der Waals surface area contributed by atoms with Crippen molar-refractivity contribution in [2.24, 2.45) is 5.92 Å². The lowest BCUT2D eigenvalue weighted by atomic mass is 9.81. The number of hydroxylamine groups is 2. The number of aromatic nitrogens is 1. The second-order valence-electron chi connectivity index (χ2n) is 8.90. The van der Waals surface area contributed by atoms with Crippen molar-refractivity contribution >= 4 is 16.9 Å². The summed E-state index contributed by atoms with van der Waals surface area (Å²) in [4.78, 5) is 21.9. The van der Waals surface area contributed by atoms with Crippen LogP contribution in [0.2, 0.25) is 0 Å². The highest BCUT2D eigenvalue weighted by atomic mass is 16.9. The van der Waals surface area contributed by atoms with Gasteiger partial charge in [0.2, 0.25) is 0 Å². The third kappa shape index (κ3) is 4.08. The van der Waals surface area contributed by atoms with Gasteiger partial charge in [0, 0.05) is 5.39 Å². The number of rotatable bonds is 7. The lowest BCUT2D eigenvalue weighted by molar-refractivity contribution is -0.142. The van der Waals surface area contributed by atoms with Crippen molar-refractivity contribution in [1.29, 1.82) is 0 Å². The Bertz CT molecular complexity index is 1110. The first kappa shape index (κ1) is 20.9. The minimum atomic E-state index is -1.24. The van der Waals surface area contributed by atoms with Crippen LogP contribution in [0.5, 0.6) is 5.75 Å². The predicted molar refractivity (Wildman–Crippen MR) is 121 cm³/mol. The largest absolute Gasteiger partial charge is 0.487 e. The van der Waals surface area contributed by atoms with E-state index in [2.05, 4.69) is 11.1 Å². The maximum absolute atomic E-state index is 11.7. The lowest BCUT2D eigenvalue weighted by Gasteiger charge is -2.30. The van der Waals surface area contributed by atoms with Crippen LogP contribution in [0.3, 0.4) is 0 Å². The van der Waals surface area contributed by atoms with E-state index in [9.17, 15) is 9.90 Å². The van der Waals surface area contributed by atoms with E-state index < -0.39 is 11.7 Å². The van der Waals surface area contributed by atoms with Crippen molar-refractivity contribution in [3.63, 3.8) is 0 Å². The number of pyridine rings is 1. The predicted octanol–water partition coefficient (Wildman–Crippen LogP) is 5.48. The molecule has 3 unspecified atom stereocenters. The fraction of sp³-hybridized carbons (Fsp3) is 0.385. The molecule has 3 atom stereocenters. The second-order valence-corrected chi connectivity index (χ2v) is 8.90. The average molecular weight is 433 g/mol. The molecular formula is C26H28N2O4. The van der Waals surface area contributed by atoms with Crippen LogP contribution in [0.4, 0.5) is 0 Å². The van der Waals surface area contributed by atoms with Gasteiger partial charge in [-0.05, 0) is 55.5 Å². The van der Waals surface area contributed by atoms with Crippen LogP contribution < -0.4 is 4.74 Å². The molecule has 2 aliphatic rings. The molecule has 1 aliphatic heterocycles. The molecule has 0 bridgehead atoms. The van der Waals surface area contributed by atoms with Gasteiger partial charge in [-0.2, -0.15) is 0 Å². The van der Waals surface area contributed by atoms with Gasteiger partial charge in [-0.15, -0.1) is 5.06 Å². The number of para-hydroxylation sites is 1. The normalized spacial score (nSPS) is 24.2. The monoisotopic (exact) mass is 432 g/mol. The summed E-state index contributed by atoms with van der Waals surface area (Å²) in [6.07, 6.45) is 5.78. The highest BCUT2D eigenvalue weighted by Crippen LogP contribution is 2.49. The Labute approximate surface area is 187 Å². The molecule has 166 valence electrons. The van der Waals surface area contributed by atoms with E-state index in [1.807, 2.05) is 54.6 Å². The molecule has 0 spiro atoms. The number of benzene rings is 2. The van der Waals surface area contributed by atoms with Gasteiger partial charge in [0.15, 0.2) is 0 Å². The summed E-state index contributed by atoms with van der Waals surface area (Å²) in [5, 5.41) is 12.4. The van der Waals surface area contributed by atoms with Crippen molar-refractivity contribution in [2.75, 3.05) is 0 Å². The molecule has 2 heterocycles. The number of carboxylic acids is 1. The second kappa shape index (κ2) is 8.52. The van der Waals surface area contributed by atoms with E-state index >= 15 is 0 Å². The number of aliphatic carboxylic acids is 1. The van der Waals surface area contributed by atoms with Crippen LogP contribution in [0, 0.1) is 5.92 Å². The minimum Gasteiger partial charge on any atom is -0.487 e. The van der Waals surface area contributed by atoms with Crippen LogP contribution in [-0.2, 0) is 16.2 Å². The van der Waals surface area contributed by atoms with Gasteiger partial charge in [0.05, 0.1) is 17.3 Å². The smallest absolute Gasteiger partial charge is 0.355 e. The quantitative estimate of drug-likeness (QED) is 0.498. The van der Waals surface area contributed by atoms with Crippen LogP contribution in [0.1, 0.15) is 56.3 Å². The molecule has 2 aromatic carbocycles. The molecule has 2 fully saturated rings. The zero-order valence-corrected chi connectivity index (χ0v) is 18.2. The topological polar surface area (TPSA) is 75.0 Å². The van der Waals surface area contributed by atoms with E-state index in [0.29, 0.717) is 12.5 Å². The van der Waals surface area contributed by atoms with Gasteiger partial charge < -0.3 is 9.84 Å². The molecule has 1 aromatic heterocycles. The Hall–Kier alpha value is -2.96. The first-order valence-corrected chi connectivity index (χ1v) is 11.3. The molecule has 32 heavy (non-hydrogen) atoms. The molecule has 1 saturated carbocycles. The maximum atomic E-state index is 11.7. The van der Waals surface area contributed by atoms with Crippen molar-refractivity contribution in [2.45, 2.75) is 57.4 Å². The van der Waals surface area contributed by atoms with Crippen molar-refractivity contribution in [3.8, 4) is 5.75 Å². The van der Waals surface area contributed by atoms with E-state index in [4.69, 9.17) is 9.57 Å². The Balaban J connectivity index is 1.30. The molecule has 5 rings (SSSR count). The van der Waals surface area contributed by atoms with E-state index in [1.54, 1.807) is 12.0 Å². The van der Waals surface area contributed by atoms with Gasteiger partial charge in [0.25, 0.3) is 5.72 Å². The number of fused-ring (bicyclic) bond motifs is 1. The molecule has 0 radical (unpaired) electrons. The maximum Gasteiger partial charge on any atom is 0.355 e. The molecular weight excluding hydrogens is 404 g/mol. The highest BCUT2D eigenvalue weighted by Gasteiger charge is 2.62. The zero-order valence-electron chi connectivity index (χ0n) is 18.2. The summed E-state index contributed by atoms with van der Waals surface area (Å²) in [6, 6.07) is 20.0.